The Morgan fingerprint density at radius 2 is 2.00 bits per heavy atom. The van der Waals surface area contributed by atoms with Crippen molar-refractivity contribution in [3.8, 4) is 0 Å². The minimum Gasteiger partial charge on any atom is -0.332 e. The van der Waals surface area contributed by atoms with Gasteiger partial charge in [0, 0.05) is 38.1 Å². The minimum atomic E-state index is -3.13. The van der Waals surface area contributed by atoms with Gasteiger partial charge in [0.1, 0.15) is 0 Å². The molecule has 7 heteroatoms. The average molecular weight is 363 g/mol. The van der Waals surface area contributed by atoms with Crippen molar-refractivity contribution in [1.29, 1.82) is 0 Å². The molecule has 136 valence electrons. The molecule has 0 aromatic carbocycles. The van der Waals surface area contributed by atoms with Crippen LogP contribution in [0.15, 0.2) is 30.1 Å². The first-order valence-corrected chi connectivity index (χ1v) is 10.4. The molecule has 2 aliphatic heterocycles. The fraction of sp³-hybridized carbons (Fsp3) is 0.556. The normalized spacial score (nSPS) is 25.5. The molecule has 25 heavy (non-hydrogen) atoms. The van der Waals surface area contributed by atoms with Crippen LogP contribution in [0.2, 0.25) is 0 Å². The van der Waals surface area contributed by atoms with E-state index in [4.69, 9.17) is 0 Å². The third-order valence-corrected chi connectivity index (χ3v) is 6.75. The maximum Gasteiger partial charge on any atom is 0.256 e. The van der Waals surface area contributed by atoms with E-state index in [9.17, 15) is 13.2 Å². The van der Waals surface area contributed by atoms with E-state index in [-0.39, 0.29) is 29.5 Å². The fourth-order valence-electron chi connectivity index (χ4n) is 3.65. The van der Waals surface area contributed by atoms with E-state index in [0.717, 1.165) is 12.1 Å². The summed E-state index contributed by atoms with van der Waals surface area (Å²) in [6.45, 7) is 7.91. The Kier molecular flexibility index (Phi) is 4.97. The quantitative estimate of drug-likeness (QED) is 0.757. The number of carbonyl (C=O) groups is 1. The number of rotatable bonds is 3. The molecule has 1 aromatic rings. The maximum absolute atomic E-state index is 13.0. The van der Waals surface area contributed by atoms with Crippen molar-refractivity contribution >= 4 is 15.7 Å². The molecule has 6 nitrogen and oxygen atoms in total. The molecule has 2 fully saturated rings. The topological polar surface area (TPSA) is 70.6 Å². The van der Waals surface area contributed by atoms with Crippen molar-refractivity contribution in [2.75, 3.05) is 31.1 Å². The van der Waals surface area contributed by atoms with Crippen LogP contribution >= 0.6 is 0 Å². The van der Waals surface area contributed by atoms with Gasteiger partial charge in [-0.25, -0.2) is 8.42 Å². The van der Waals surface area contributed by atoms with Crippen LogP contribution in [0.3, 0.4) is 0 Å². The van der Waals surface area contributed by atoms with Crippen LogP contribution in [0.25, 0.3) is 0 Å². The molecule has 3 heterocycles. The van der Waals surface area contributed by atoms with Crippen molar-refractivity contribution in [1.82, 2.24) is 14.8 Å². The average Bonchev–Trinajstić information content (AvgIpc) is 2.87. The molecule has 0 unspecified atom stereocenters. The molecule has 2 aliphatic rings. The molecule has 0 radical (unpaired) electrons. The first-order valence-electron chi connectivity index (χ1n) is 8.58. The minimum absolute atomic E-state index is 0.0496. The van der Waals surface area contributed by atoms with Crippen LogP contribution in [0.4, 0.5) is 0 Å². The number of hydrogen-bond acceptors (Lipinski definition) is 5. The monoisotopic (exact) mass is 363 g/mol. The largest absolute Gasteiger partial charge is 0.332 e. The smallest absolute Gasteiger partial charge is 0.256 e. The Bertz CT molecular complexity index is 800. The van der Waals surface area contributed by atoms with E-state index in [0.29, 0.717) is 18.7 Å². The van der Waals surface area contributed by atoms with Crippen molar-refractivity contribution < 1.29 is 13.2 Å². The van der Waals surface area contributed by atoms with Gasteiger partial charge in [-0.3, -0.25) is 14.7 Å². The Morgan fingerprint density at radius 3 is 2.68 bits per heavy atom. The van der Waals surface area contributed by atoms with Gasteiger partial charge in [-0.15, -0.1) is 0 Å². The molecule has 0 spiro atoms. The van der Waals surface area contributed by atoms with Gasteiger partial charge in [0.2, 0.25) is 0 Å². The summed E-state index contributed by atoms with van der Waals surface area (Å²) in [5, 5.41) is 0. The zero-order valence-corrected chi connectivity index (χ0v) is 15.8. The predicted octanol–water partition coefficient (Wildman–Crippen LogP) is 1.28. The standard InChI is InChI=1S/C18H25N3O3S/c1-13(2)5-7-20-8-9-21(17-12-25(23,24)11-16(17)20)18(22)15-10-19-6-4-14(15)3/h4-6,10,16-17H,7-9,11-12H2,1-3H3/t16-,17+/m0/s1. The van der Waals surface area contributed by atoms with Crippen molar-refractivity contribution in [2.45, 2.75) is 32.9 Å². The molecule has 0 saturated carbocycles. The second kappa shape index (κ2) is 6.88. The van der Waals surface area contributed by atoms with Crippen LogP contribution in [-0.4, -0.2) is 72.3 Å². The number of carbonyl (C=O) groups excluding carboxylic acids is 1. The number of sulfone groups is 1. The molecular formula is C18H25N3O3S. The molecule has 2 saturated heterocycles. The number of piperazine rings is 1. The Balaban J connectivity index is 1.87. The van der Waals surface area contributed by atoms with Crippen LogP contribution in [0.5, 0.6) is 0 Å². The van der Waals surface area contributed by atoms with Gasteiger partial charge in [0.25, 0.3) is 5.91 Å². The highest BCUT2D eigenvalue weighted by Crippen LogP contribution is 2.28. The lowest BCUT2D eigenvalue weighted by atomic mass is 10.0. The first-order chi connectivity index (χ1) is 11.8. The summed E-state index contributed by atoms with van der Waals surface area (Å²) in [6.07, 6.45) is 5.35. The van der Waals surface area contributed by atoms with Gasteiger partial charge in [-0.05, 0) is 32.4 Å². The number of nitrogens with zero attached hydrogens (tertiary/aromatic N) is 3. The number of amides is 1. The molecule has 1 amide bonds. The summed E-state index contributed by atoms with van der Waals surface area (Å²) in [6, 6.07) is 1.40. The van der Waals surface area contributed by atoms with E-state index in [1.54, 1.807) is 23.4 Å². The predicted molar refractivity (Wildman–Crippen MR) is 97.2 cm³/mol. The Morgan fingerprint density at radius 1 is 1.28 bits per heavy atom. The van der Waals surface area contributed by atoms with Gasteiger partial charge in [0.15, 0.2) is 9.84 Å². The number of pyridine rings is 1. The lowest BCUT2D eigenvalue weighted by Crippen LogP contribution is -2.60. The van der Waals surface area contributed by atoms with Crippen molar-refractivity contribution in [3.63, 3.8) is 0 Å². The SMILES string of the molecule is CC(C)=CCN1CCN(C(=O)c2cnccc2C)[C@@H]2CS(=O)(=O)C[C@@H]21. The molecule has 1 aromatic heterocycles. The lowest BCUT2D eigenvalue weighted by Gasteiger charge is -2.43. The van der Waals surface area contributed by atoms with Crippen molar-refractivity contribution in [2.24, 2.45) is 0 Å². The highest BCUT2D eigenvalue weighted by Gasteiger charge is 2.47. The van der Waals surface area contributed by atoms with Gasteiger partial charge in [0.05, 0.1) is 23.1 Å². The first kappa shape index (κ1) is 18.1. The summed E-state index contributed by atoms with van der Waals surface area (Å²) >= 11 is 0. The second-order valence-corrected chi connectivity index (χ2v) is 9.33. The van der Waals surface area contributed by atoms with Crippen LogP contribution < -0.4 is 0 Å². The van der Waals surface area contributed by atoms with Crippen LogP contribution in [-0.2, 0) is 9.84 Å². The van der Waals surface area contributed by atoms with E-state index in [2.05, 4.69) is 16.0 Å². The zero-order valence-electron chi connectivity index (χ0n) is 15.0. The molecule has 0 aliphatic carbocycles. The molecular weight excluding hydrogens is 338 g/mol. The molecule has 3 rings (SSSR count). The van der Waals surface area contributed by atoms with Crippen LogP contribution in [0, 0.1) is 6.92 Å². The summed E-state index contributed by atoms with van der Waals surface area (Å²) in [4.78, 5) is 21.0. The lowest BCUT2D eigenvalue weighted by molar-refractivity contribution is 0.0367. The van der Waals surface area contributed by atoms with Gasteiger partial charge < -0.3 is 4.90 Å². The highest BCUT2D eigenvalue weighted by molar-refractivity contribution is 7.91. The number of hydrogen-bond donors (Lipinski definition) is 0. The highest BCUT2D eigenvalue weighted by atomic mass is 32.2. The third kappa shape index (κ3) is 3.77. The van der Waals surface area contributed by atoms with Gasteiger partial charge in [-0.2, -0.15) is 0 Å². The number of allylic oxidation sites excluding steroid dienone is 1. The second-order valence-electron chi connectivity index (χ2n) is 7.18. The fourth-order valence-corrected chi connectivity index (χ4v) is 5.66. The molecule has 2 atom stereocenters. The molecule has 0 bridgehead atoms. The number of aromatic nitrogens is 1. The Hall–Kier alpha value is -1.73. The number of fused-ring (bicyclic) bond motifs is 1. The van der Waals surface area contributed by atoms with Crippen molar-refractivity contribution in [3.05, 3.63) is 41.2 Å². The van der Waals surface area contributed by atoms with E-state index >= 15 is 0 Å². The summed E-state index contributed by atoms with van der Waals surface area (Å²) in [5.74, 6) is 0.0672. The summed E-state index contributed by atoms with van der Waals surface area (Å²) < 4.78 is 24.5. The zero-order chi connectivity index (χ0) is 18.2. The van der Waals surface area contributed by atoms with Gasteiger partial charge >= 0.3 is 0 Å². The molecule has 0 N–H and O–H groups in total. The van der Waals surface area contributed by atoms with E-state index in [1.807, 2.05) is 20.8 Å². The Labute approximate surface area is 149 Å². The van der Waals surface area contributed by atoms with E-state index in [1.165, 1.54) is 5.57 Å². The maximum atomic E-state index is 13.0. The van der Waals surface area contributed by atoms with Crippen LogP contribution in [0.1, 0.15) is 29.8 Å². The summed E-state index contributed by atoms with van der Waals surface area (Å²) in [7, 11) is -3.13. The van der Waals surface area contributed by atoms with Gasteiger partial charge in [-0.1, -0.05) is 11.6 Å². The summed E-state index contributed by atoms with van der Waals surface area (Å²) in [5.41, 5.74) is 2.63. The third-order valence-electron chi connectivity index (χ3n) is 5.06. The van der Waals surface area contributed by atoms with E-state index < -0.39 is 9.84 Å². The number of aryl methyl sites for hydroxylation is 1.